The van der Waals surface area contributed by atoms with Crippen LogP contribution in [-0.2, 0) is 17.8 Å². The first-order valence-electron chi connectivity index (χ1n) is 11.1. The van der Waals surface area contributed by atoms with E-state index in [1.54, 1.807) is 11.3 Å². The average molecular weight is 451 g/mol. The van der Waals surface area contributed by atoms with Gasteiger partial charge in [0.1, 0.15) is 10.8 Å². The summed E-state index contributed by atoms with van der Waals surface area (Å²) in [6.45, 7) is 7.96. The molecule has 1 aliphatic heterocycles. The van der Waals surface area contributed by atoms with Crippen LogP contribution in [0.25, 0.3) is 10.6 Å². The van der Waals surface area contributed by atoms with E-state index in [1.165, 1.54) is 5.56 Å². The van der Waals surface area contributed by atoms with Crippen LogP contribution in [0.2, 0.25) is 0 Å². The summed E-state index contributed by atoms with van der Waals surface area (Å²) in [4.78, 5) is 22.1. The Bertz CT molecular complexity index is 1030. The summed E-state index contributed by atoms with van der Waals surface area (Å²) < 4.78 is 5.58. The van der Waals surface area contributed by atoms with E-state index in [-0.39, 0.29) is 12.3 Å². The van der Waals surface area contributed by atoms with Gasteiger partial charge in [-0.3, -0.25) is 9.69 Å². The van der Waals surface area contributed by atoms with Crippen LogP contribution in [0.1, 0.15) is 18.2 Å². The number of thiazole rings is 1. The topological polar surface area (TPSA) is 57.7 Å². The second-order valence-corrected chi connectivity index (χ2v) is 8.93. The van der Waals surface area contributed by atoms with Gasteiger partial charge in [0.25, 0.3) is 0 Å². The number of hydrogen-bond acceptors (Lipinski definition) is 6. The third kappa shape index (κ3) is 5.94. The molecule has 32 heavy (non-hydrogen) atoms. The highest BCUT2D eigenvalue weighted by Crippen LogP contribution is 2.26. The van der Waals surface area contributed by atoms with Crippen molar-refractivity contribution in [2.75, 3.05) is 45.2 Å². The average Bonchev–Trinajstić information content (AvgIpc) is 3.26. The quantitative estimate of drug-likeness (QED) is 0.559. The van der Waals surface area contributed by atoms with Gasteiger partial charge in [-0.2, -0.15) is 0 Å². The predicted molar refractivity (Wildman–Crippen MR) is 130 cm³/mol. The van der Waals surface area contributed by atoms with Gasteiger partial charge in [-0.15, -0.1) is 11.3 Å². The van der Waals surface area contributed by atoms with Gasteiger partial charge in [-0.1, -0.05) is 36.4 Å². The third-order valence-corrected chi connectivity index (χ3v) is 6.50. The normalized spacial score (nSPS) is 14.9. The zero-order valence-electron chi connectivity index (χ0n) is 18.7. The Morgan fingerprint density at radius 1 is 1.09 bits per heavy atom. The van der Waals surface area contributed by atoms with Gasteiger partial charge < -0.3 is 15.0 Å². The SMILES string of the molecule is CCOc1ccccc1NC(=O)Cc1csc(-c2ccc(CN3CCN(C)CC3)cc2)n1. The molecule has 168 valence electrons. The number of hydrogen-bond donors (Lipinski definition) is 1. The standard InChI is InChI=1S/C25H30N4O2S/c1-3-31-23-7-5-4-6-22(23)27-24(30)16-21-18-32-25(26-21)20-10-8-19(9-11-20)17-29-14-12-28(2)13-15-29/h4-11,18H,3,12-17H2,1-2H3,(H,27,30). The van der Waals surface area contributed by atoms with E-state index in [0.29, 0.717) is 18.0 Å². The number of nitrogens with zero attached hydrogens (tertiary/aromatic N) is 3. The molecule has 0 atom stereocenters. The summed E-state index contributed by atoms with van der Waals surface area (Å²) in [5.41, 5.74) is 3.87. The lowest BCUT2D eigenvalue weighted by Crippen LogP contribution is -2.43. The molecule has 0 spiro atoms. The van der Waals surface area contributed by atoms with Crippen molar-refractivity contribution < 1.29 is 9.53 Å². The second kappa shape index (κ2) is 10.7. The highest BCUT2D eigenvalue weighted by Gasteiger charge is 2.15. The third-order valence-electron chi connectivity index (χ3n) is 5.56. The van der Waals surface area contributed by atoms with Gasteiger partial charge >= 0.3 is 0 Å². The van der Waals surface area contributed by atoms with Crippen molar-refractivity contribution in [2.45, 2.75) is 19.9 Å². The van der Waals surface area contributed by atoms with E-state index in [4.69, 9.17) is 4.74 Å². The van der Waals surface area contributed by atoms with Gasteiger partial charge in [-0.25, -0.2) is 4.98 Å². The van der Waals surface area contributed by atoms with Crippen molar-refractivity contribution in [3.63, 3.8) is 0 Å². The fourth-order valence-corrected chi connectivity index (χ4v) is 4.57. The van der Waals surface area contributed by atoms with Crippen molar-refractivity contribution in [1.82, 2.24) is 14.8 Å². The highest BCUT2D eigenvalue weighted by molar-refractivity contribution is 7.13. The van der Waals surface area contributed by atoms with Crippen LogP contribution in [0.15, 0.2) is 53.9 Å². The smallest absolute Gasteiger partial charge is 0.230 e. The fourth-order valence-electron chi connectivity index (χ4n) is 3.75. The zero-order chi connectivity index (χ0) is 22.3. The van der Waals surface area contributed by atoms with Crippen LogP contribution in [0, 0.1) is 0 Å². The first-order valence-corrected chi connectivity index (χ1v) is 11.9. The first kappa shape index (κ1) is 22.5. The van der Waals surface area contributed by atoms with Gasteiger partial charge in [0.15, 0.2) is 0 Å². The van der Waals surface area contributed by atoms with E-state index in [1.807, 2.05) is 36.6 Å². The summed E-state index contributed by atoms with van der Waals surface area (Å²) in [7, 11) is 2.18. The lowest BCUT2D eigenvalue weighted by molar-refractivity contribution is -0.115. The van der Waals surface area contributed by atoms with E-state index in [2.05, 4.69) is 51.4 Å². The molecule has 4 rings (SSSR count). The summed E-state index contributed by atoms with van der Waals surface area (Å²) >= 11 is 1.57. The summed E-state index contributed by atoms with van der Waals surface area (Å²) in [5, 5.41) is 5.83. The number of anilines is 1. The maximum absolute atomic E-state index is 12.5. The number of nitrogens with one attached hydrogen (secondary N) is 1. The fraction of sp³-hybridized carbons (Fsp3) is 0.360. The predicted octanol–water partition coefficient (Wildman–Crippen LogP) is 4.14. The largest absolute Gasteiger partial charge is 0.492 e. The van der Waals surface area contributed by atoms with Crippen LogP contribution in [0.5, 0.6) is 5.75 Å². The number of ether oxygens (including phenoxy) is 1. The molecule has 1 N–H and O–H groups in total. The Labute approximate surface area is 193 Å². The molecule has 1 fully saturated rings. The monoisotopic (exact) mass is 450 g/mol. The zero-order valence-corrected chi connectivity index (χ0v) is 19.5. The van der Waals surface area contributed by atoms with Crippen molar-refractivity contribution in [1.29, 1.82) is 0 Å². The summed E-state index contributed by atoms with van der Waals surface area (Å²) in [6, 6.07) is 16.1. The Kier molecular flexibility index (Phi) is 7.52. The molecule has 0 aliphatic carbocycles. The van der Waals surface area contributed by atoms with Crippen molar-refractivity contribution in [3.05, 3.63) is 65.2 Å². The molecular weight excluding hydrogens is 420 g/mol. The van der Waals surface area contributed by atoms with Crippen molar-refractivity contribution in [2.24, 2.45) is 0 Å². The Hall–Kier alpha value is -2.74. The first-order chi connectivity index (χ1) is 15.6. The van der Waals surface area contributed by atoms with Crippen LogP contribution in [0.4, 0.5) is 5.69 Å². The number of amides is 1. The van der Waals surface area contributed by atoms with Gasteiger partial charge in [0.2, 0.25) is 5.91 Å². The maximum atomic E-state index is 12.5. The minimum Gasteiger partial charge on any atom is -0.492 e. The van der Waals surface area contributed by atoms with Crippen molar-refractivity contribution in [3.8, 4) is 16.3 Å². The number of carbonyl (C=O) groups excluding carboxylic acids is 1. The number of carbonyl (C=O) groups is 1. The molecule has 1 saturated heterocycles. The summed E-state index contributed by atoms with van der Waals surface area (Å²) in [6.07, 6.45) is 0.235. The van der Waals surface area contributed by atoms with Crippen LogP contribution < -0.4 is 10.1 Å². The van der Waals surface area contributed by atoms with Gasteiger partial charge in [-0.05, 0) is 31.7 Å². The molecular formula is C25H30N4O2S. The maximum Gasteiger partial charge on any atom is 0.230 e. The highest BCUT2D eigenvalue weighted by atomic mass is 32.1. The van der Waals surface area contributed by atoms with Crippen LogP contribution in [0.3, 0.4) is 0 Å². The Balaban J connectivity index is 1.34. The van der Waals surface area contributed by atoms with E-state index in [0.717, 1.165) is 49.0 Å². The lowest BCUT2D eigenvalue weighted by atomic mass is 10.1. The molecule has 2 aromatic carbocycles. The molecule has 6 nitrogen and oxygen atoms in total. The molecule has 2 heterocycles. The molecule has 0 saturated carbocycles. The van der Waals surface area contributed by atoms with Gasteiger partial charge in [0.05, 0.1) is 24.4 Å². The molecule has 7 heteroatoms. The van der Waals surface area contributed by atoms with Crippen LogP contribution in [-0.4, -0.2) is 60.5 Å². The Morgan fingerprint density at radius 3 is 2.59 bits per heavy atom. The molecule has 0 bridgehead atoms. The number of likely N-dealkylation sites (N-methyl/N-ethyl adjacent to an activating group) is 1. The Morgan fingerprint density at radius 2 is 1.84 bits per heavy atom. The second-order valence-electron chi connectivity index (χ2n) is 8.07. The van der Waals surface area contributed by atoms with Crippen LogP contribution >= 0.6 is 11.3 Å². The summed E-state index contributed by atoms with van der Waals surface area (Å²) in [5.74, 6) is 0.579. The minimum atomic E-state index is -0.100. The number of benzene rings is 2. The molecule has 1 aromatic heterocycles. The van der Waals surface area contributed by atoms with E-state index >= 15 is 0 Å². The van der Waals surface area contributed by atoms with E-state index < -0.39 is 0 Å². The molecule has 3 aromatic rings. The molecule has 0 unspecified atom stereocenters. The molecule has 1 amide bonds. The van der Waals surface area contributed by atoms with E-state index in [9.17, 15) is 4.79 Å². The number of rotatable bonds is 8. The lowest BCUT2D eigenvalue weighted by Gasteiger charge is -2.32. The molecule has 0 radical (unpaired) electrons. The number of para-hydroxylation sites is 2. The molecule has 1 aliphatic rings. The van der Waals surface area contributed by atoms with Crippen molar-refractivity contribution >= 4 is 22.9 Å². The number of piperazine rings is 1. The number of aromatic nitrogens is 1. The van der Waals surface area contributed by atoms with Gasteiger partial charge in [0, 0.05) is 43.7 Å². The minimum absolute atomic E-state index is 0.100.